The number of hydrogen-bond donors (Lipinski definition) is 2. The fraction of sp³-hybridized carbons (Fsp3) is 0.875. The van der Waals surface area contributed by atoms with Crippen molar-refractivity contribution in [2.45, 2.75) is 39.9 Å². The molecule has 0 saturated carbocycles. The normalized spacial score (nSPS) is 16.8. The van der Waals surface area contributed by atoms with E-state index >= 15 is 0 Å². The van der Waals surface area contributed by atoms with Crippen LogP contribution >= 0.6 is 0 Å². The zero-order chi connectivity index (χ0) is 10.9. The molecule has 0 aromatic heterocycles. The first-order chi connectivity index (χ1) is 5.57. The molecule has 1 unspecified atom stereocenters. The lowest BCUT2D eigenvalue weighted by atomic mass is 9.96. The van der Waals surface area contributed by atoms with Gasteiger partial charge >= 0.3 is 0 Å². The summed E-state index contributed by atoms with van der Waals surface area (Å²) in [7, 11) is -2.98. The molecule has 78 valence electrons. The summed E-state index contributed by atoms with van der Waals surface area (Å²) in [6, 6.07) is 0. The Morgan fingerprint density at radius 1 is 1.38 bits per heavy atom. The van der Waals surface area contributed by atoms with Crippen LogP contribution in [0.2, 0.25) is 0 Å². The van der Waals surface area contributed by atoms with Crippen molar-refractivity contribution >= 4 is 15.8 Å². The summed E-state index contributed by atoms with van der Waals surface area (Å²) in [5.74, 6) is -0.346. The highest BCUT2D eigenvalue weighted by Gasteiger charge is 2.25. The molecular formula is C8H18N2O2S. The maximum atomic E-state index is 11.5. The van der Waals surface area contributed by atoms with E-state index in [9.17, 15) is 9.00 Å². The van der Waals surface area contributed by atoms with Gasteiger partial charge in [0.15, 0.2) is 0 Å². The predicted molar refractivity (Wildman–Crippen MR) is 53.6 cm³/mol. The average Bonchev–Trinajstić information content (AvgIpc) is 1.83. The van der Waals surface area contributed by atoms with Gasteiger partial charge in [-0.25, -0.2) is 8.99 Å². The number of amides is 1. The SMILES string of the molecule is CC(C)S(=N)(=O)NC(=O)C(C)(C)C. The number of carbonyl (C=O) groups excluding carboxylic acids is 1. The molecule has 2 N–H and O–H groups in total. The van der Waals surface area contributed by atoms with Crippen LogP contribution in [-0.4, -0.2) is 15.4 Å². The predicted octanol–water partition coefficient (Wildman–Crippen LogP) is 1.52. The number of rotatable bonds is 2. The Kier molecular flexibility index (Phi) is 3.49. The highest BCUT2D eigenvalue weighted by Crippen LogP contribution is 2.13. The fourth-order valence-electron chi connectivity index (χ4n) is 0.409. The maximum absolute atomic E-state index is 11.5. The van der Waals surface area contributed by atoms with E-state index in [0.717, 1.165) is 0 Å². The second-order valence-electron chi connectivity index (χ2n) is 4.33. The minimum Gasteiger partial charge on any atom is -0.273 e. The van der Waals surface area contributed by atoms with E-state index in [1.165, 1.54) is 0 Å². The number of nitrogens with one attached hydrogen (secondary N) is 2. The van der Waals surface area contributed by atoms with Crippen LogP contribution in [0.5, 0.6) is 0 Å². The molecule has 4 nitrogen and oxygen atoms in total. The first-order valence-electron chi connectivity index (χ1n) is 4.17. The molecule has 0 aliphatic carbocycles. The van der Waals surface area contributed by atoms with Crippen molar-refractivity contribution in [3.63, 3.8) is 0 Å². The third-order valence-electron chi connectivity index (χ3n) is 1.59. The largest absolute Gasteiger partial charge is 0.273 e. The zero-order valence-corrected chi connectivity index (χ0v) is 9.62. The second kappa shape index (κ2) is 3.65. The zero-order valence-electron chi connectivity index (χ0n) is 8.80. The van der Waals surface area contributed by atoms with Crippen LogP contribution in [0.4, 0.5) is 0 Å². The van der Waals surface area contributed by atoms with Crippen molar-refractivity contribution in [1.29, 1.82) is 4.78 Å². The summed E-state index contributed by atoms with van der Waals surface area (Å²) >= 11 is 0. The van der Waals surface area contributed by atoms with E-state index < -0.39 is 15.3 Å². The highest BCUT2D eigenvalue weighted by molar-refractivity contribution is 7.91. The van der Waals surface area contributed by atoms with Gasteiger partial charge in [0.05, 0.1) is 5.25 Å². The number of carbonyl (C=O) groups is 1. The lowest BCUT2D eigenvalue weighted by Gasteiger charge is -2.20. The minimum atomic E-state index is -2.98. The molecule has 1 amide bonds. The summed E-state index contributed by atoms with van der Waals surface area (Å²) in [5.41, 5.74) is -0.599. The van der Waals surface area contributed by atoms with Crippen LogP contribution in [0.3, 0.4) is 0 Å². The van der Waals surface area contributed by atoms with Gasteiger partial charge in [-0.2, -0.15) is 0 Å². The first kappa shape index (κ1) is 12.4. The second-order valence-corrected chi connectivity index (χ2v) is 6.68. The van der Waals surface area contributed by atoms with E-state index in [2.05, 4.69) is 4.72 Å². The standard InChI is InChI=1S/C8H18N2O2S/c1-6(2)13(9,12)10-7(11)8(3,4)5/h6H,1-5H3,(H2,9,10,11,12). The topological polar surface area (TPSA) is 70.0 Å². The molecule has 0 rings (SSSR count). The van der Waals surface area contributed by atoms with Crippen LogP contribution < -0.4 is 4.72 Å². The molecule has 0 aromatic carbocycles. The quantitative estimate of drug-likeness (QED) is 0.719. The maximum Gasteiger partial charge on any atom is 0.237 e. The van der Waals surface area contributed by atoms with Crippen molar-refractivity contribution < 1.29 is 9.00 Å². The van der Waals surface area contributed by atoms with E-state index in [1.54, 1.807) is 34.6 Å². The Bertz CT molecular complexity index is 286. The van der Waals surface area contributed by atoms with Crippen LogP contribution in [0.15, 0.2) is 0 Å². The Labute approximate surface area is 80.2 Å². The molecule has 0 bridgehead atoms. The molecular weight excluding hydrogens is 188 g/mol. The Morgan fingerprint density at radius 3 is 2.00 bits per heavy atom. The summed E-state index contributed by atoms with van der Waals surface area (Å²) < 4.78 is 21.1. The van der Waals surface area contributed by atoms with Crippen LogP contribution in [-0.2, 0) is 14.7 Å². The summed E-state index contributed by atoms with van der Waals surface area (Å²) in [4.78, 5) is 11.4. The Hall–Kier alpha value is -0.580. The molecule has 1 atom stereocenters. The van der Waals surface area contributed by atoms with Gasteiger partial charge < -0.3 is 0 Å². The minimum absolute atomic E-state index is 0.346. The van der Waals surface area contributed by atoms with Crippen molar-refractivity contribution in [1.82, 2.24) is 4.72 Å². The van der Waals surface area contributed by atoms with Crippen LogP contribution in [0.25, 0.3) is 0 Å². The van der Waals surface area contributed by atoms with Crippen molar-refractivity contribution in [2.75, 3.05) is 0 Å². The van der Waals surface area contributed by atoms with Gasteiger partial charge in [0.1, 0.15) is 9.92 Å². The first-order valence-corrected chi connectivity index (χ1v) is 5.79. The van der Waals surface area contributed by atoms with Gasteiger partial charge in [-0.05, 0) is 13.8 Å². The molecule has 0 heterocycles. The van der Waals surface area contributed by atoms with Gasteiger partial charge in [0, 0.05) is 5.41 Å². The van der Waals surface area contributed by atoms with Gasteiger partial charge in [-0.15, -0.1) is 0 Å². The van der Waals surface area contributed by atoms with Gasteiger partial charge in [0.25, 0.3) is 0 Å². The third-order valence-corrected chi connectivity index (χ3v) is 3.41. The molecule has 0 saturated heterocycles. The monoisotopic (exact) mass is 206 g/mol. The molecule has 0 aromatic rings. The summed E-state index contributed by atoms with van der Waals surface area (Å²) in [5, 5.41) is -0.362. The lowest BCUT2D eigenvalue weighted by Crippen LogP contribution is -2.41. The summed E-state index contributed by atoms with van der Waals surface area (Å²) in [6.07, 6.45) is 0. The van der Waals surface area contributed by atoms with Crippen molar-refractivity contribution in [3.8, 4) is 0 Å². The van der Waals surface area contributed by atoms with E-state index in [-0.39, 0.29) is 11.2 Å². The summed E-state index contributed by atoms with van der Waals surface area (Å²) in [6.45, 7) is 8.46. The van der Waals surface area contributed by atoms with Gasteiger partial charge in [-0.1, -0.05) is 20.8 Å². The van der Waals surface area contributed by atoms with Crippen LogP contribution in [0.1, 0.15) is 34.6 Å². The van der Waals surface area contributed by atoms with E-state index in [0.29, 0.717) is 0 Å². The molecule has 0 spiro atoms. The molecule has 0 aliphatic heterocycles. The van der Waals surface area contributed by atoms with Crippen molar-refractivity contribution in [3.05, 3.63) is 0 Å². The fourth-order valence-corrected chi connectivity index (χ4v) is 1.23. The van der Waals surface area contributed by atoms with Gasteiger partial charge in [-0.3, -0.25) is 9.52 Å². The highest BCUT2D eigenvalue weighted by atomic mass is 32.2. The average molecular weight is 206 g/mol. The smallest absolute Gasteiger partial charge is 0.237 e. The van der Waals surface area contributed by atoms with Crippen molar-refractivity contribution in [2.24, 2.45) is 5.41 Å². The third kappa shape index (κ3) is 3.76. The van der Waals surface area contributed by atoms with E-state index in [4.69, 9.17) is 4.78 Å². The lowest BCUT2D eigenvalue weighted by molar-refractivity contribution is -0.126. The molecule has 13 heavy (non-hydrogen) atoms. The Morgan fingerprint density at radius 2 is 1.77 bits per heavy atom. The Balaban J connectivity index is 4.58. The van der Waals surface area contributed by atoms with Crippen LogP contribution in [0, 0.1) is 10.2 Å². The molecule has 0 fully saturated rings. The van der Waals surface area contributed by atoms with E-state index in [1.807, 2.05) is 0 Å². The molecule has 0 radical (unpaired) electrons. The number of hydrogen-bond acceptors (Lipinski definition) is 3. The molecule has 0 aliphatic rings. The molecule has 5 heteroatoms. The van der Waals surface area contributed by atoms with Gasteiger partial charge in [0.2, 0.25) is 5.91 Å².